The molecule has 0 radical (unpaired) electrons. The Morgan fingerprint density at radius 3 is 2.70 bits per heavy atom. The van der Waals surface area contributed by atoms with Crippen molar-refractivity contribution in [3.05, 3.63) is 5.82 Å². The van der Waals surface area contributed by atoms with Crippen molar-refractivity contribution in [3.8, 4) is 0 Å². The van der Waals surface area contributed by atoms with Gasteiger partial charge in [0, 0.05) is 26.1 Å². The van der Waals surface area contributed by atoms with Crippen molar-refractivity contribution in [1.82, 2.24) is 15.0 Å². The highest BCUT2D eigenvalue weighted by molar-refractivity contribution is 5.37. The number of aromatic nitrogens is 3. The van der Waals surface area contributed by atoms with Crippen LogP contribution in [0.3, 0.4) is 0 Å². The highest BCUT2D eigenvalue weighted by Gasteiger charge is 2.16. The summed E-state index contributed by atoms with van der Waals surface area (Å²) < 4.78 is 5.35. The van der Waals surface area contributed by atoms with Crippen molar-refractivity contribution >= 4 is 11.9 Å². The lowest BCUT2D eigenvalue weighted by molar-refractivity contribution is 0.122. The molecule has 2 N–H and O–H groups in total. The Balaban J connectivity index is 2.15. The Kier molecular flexibility index (Phi) is 5.49. The minimum atomic E-state index is -0.437. The maximum absolute atomic E-state index is 9.34. The van der Waals surface area contributed by atoms with E-state index in [2.05, 4.69) is 32.1 Å². The van der Waals surface area contributed by atoms with Crippen molar-refractivity contribution in [2.45, 2.75) is 32.8 Å². The number of aryl methyl sites for hydroxylation is 1. The van der Waals surface area contributed by atoms with Crippen LogP contribution in [0.25, 0.3) is 0 Å². The lowest BCUT2D eigenvalue weighted by Crippen LogP contribution is -2.37. The molecule has 1 fully saturated rings. The van der Waals surface area contributed by atoms with E-state index in [0.717, 1.165) is 31.8 Å². The molecule has 1 unspecified atom stereocenters. The third-order valence-corrected chi connectivity index (χ3v) is 2.99. The number of aliphatic hydroxyl groups excluding tert-OH is 1. The van der Waals surface area contributed by atoms with Crippen molar-refractivity contribution in [2.24, 2.45) is 0 Å². The summed E-state index contributed by atoms with van der Waals surface area (Å²) in [6.45, 7) is 7.25. The fourth-order valence-electron chi connectivity index (χ4n) is 1.97. The second-order valence-electron chi connectivity index (χ2n) is 4.95. The maximum atomic E-state index is 9.34. The molecular formula is C13H23N5O2. The van der Waals surface area contributed by atoms with Crippen molar-refractivity contribution in [3.63, 3.8) is 0 Å². The largest absolute Gasteiger partial charge is 0.392 e. The van der Waals surface area contributed by atoms with Crippen LogP contribution < -0.4 is 10.2 Å². The van der Waals surface area contributed by atoms with Gasteiger partial charge in [-0.2, -0.15) is 15.0 Å². The minimum absolute atomic E-state index is 0.429. The molecule has 0 spiro atoms. The minimum Gasteiger partial charge on any atom is -0.392 e. The Morgan fingerprint density at radius 2 is 2.05 bits per heavy atom. The van der Waals surface area contributed by atoms with Gasteiger partial charge < -0.3 is 20.1 Å². The van der Waals surface area contributed by atoms with Crippen molar-refractivity contribution in [1.29, 1.82) is 0 Å². The molecule has 1 aromatic rings. The number of nitrogens with zero attached hydrogens (tertiary/aromatic N) is 4. The van der Waals surface area contributed by atoms with Gasteiger partial charge in [0.25, 0.3) is 0 Å². The van der Waals surface area contributed by atoms with Crippen molar-refractivity contribution < 1.29 is 9.84 Å². The summed E-state index contributed by atoms with van der Waals surface area (Å²) in [5.41, 5.74) is 0. The van der Waals surface area contributed by atoms with Crippen LogP contribution in [0.5, 0.6) is 0 Å². The predicted octanol–water partition coefficient (Wildman–Crippen LogP) is 0.453. The third kappa shape index (κ3) is 4.28. The molecular weight excluding hydrogens is 258 g/mol. The van der Waals surface area contributed by atoms with E-state index < -0.39 is 6.10 Å². The molecule has 2 rings (SSSR count). The molecule has 1 aliphatic heterocycles. The number of ether oxygens (including phenoxy) is 1. The maximum Gasteiger partial charge on any atom is 0.230 e. The van der Waals surface area contributed by atoms with E-state index in [-0.39, 0.29) is 0 Å². The molecule has 0 bridgehead atoms. The van der Waals surface area contributed by atoms with Gasteiger partial charge in [0.2, 0.25) is 11.9 Å². The number of rotatable bonds is 6. The average Bonchev–Trinajstić information content (AvgIpc) is 2.46. The molecule has 7 nitrogen and oxygen atoms in total. The molecule has 0 amide bonds. The van der Waals surface area contributed by atoms with Crippen LogP contribution >= 0.6 is 0 Å². The zero-order chi connectivity index (χ0) is 14.4. The predicted molar refractivity (Wildman–Crippen MR) is 77.0 cm³/mol. The second kappa shape index (κ2) is 7.35. The van der Waals surface area contributed by atoms with Gasteiger partial charge in [0.05, 0.1) is 19.3 Å². The first-order valence-electron chi connectivity index (χ1n) is 7.18. The molecule has 20 heavy (non-hydrogen) atoms. The van der Waals surface area contributed by atoms with Gasteiger partial charge in [0.15, 0.2) is 0 Å². The van der Waals surface area contributed by atoms with Crippen molar-refractivity contribution in [2.75, 3.05) is 43.1 Å². The number of nitrogens with one attached hydrogen (secondary N) is 1. The molecule has 1 saturated heterocycles. The zero-order valence-electron chi connectivity index (χ0n) is 12.2. The average molecular weight is 281 g/mol. The van der Waals surface area contributed by atoms with Crippen LogP contribution in [0.2, 0.25) is 0 Å². The number of anilines is 2. The van der Waals surface area contributed by atoms with Gasteiger partial charge in [-0.15, -0.1) is 0 Å². The highest BCUT2D eigenvalue weighted by Crippen LogP contribution is 2.13. The van der Waals surface area contributed by atoms with Crippen LogP contribution in [-0.2, 0) is 11.2 Å². The molecule has 0 aromatic carbocycles. The standard InChI is InChI=1S/C13H23N5O2/c1-3-4-11-15-12(14-9-10(2)19)17-13(16-11)18-5-7-20-8-6-18/h10,19H,3-9H2,1-2H3,(H,14,15,16,17). The molecule has 1 atom stereocenters. The topological polar surface area (TPSA) is 83.4 Å². The number of morpholine rings is 1. The SMILES string of the molecule is CCCc1nc(NCC(C)O)nc(N2CCOCC2)n1. The Labute approximate surface area is 119 Å². The summed E-state index contributed by atoms with van der Waals surface area (Å²) in [5, 5.41) is 12.4. The fraction of sp³-hybridized carbons (Fsp3) is 0.769. The summed E-state index contributed by atoms with van der Waals surface area (Å²) in [5.74, 6) is 2.02. The monoisotopic (exact) mass is 281 g/mol. The second-order valence-corrected chi connectivity index (χ2v) is 4.95. The Morgan fingerprint density at radius 1 is 1.30 bits per heavy atom. The smallest absolute Gasteiger partial charge is 0.230 e. The summed E-state index contributed by atoms with van der Waals surface area (Å²) in [4.78, 5) is 15.5. The molecule has 7 heteroatoms. The molecule has 2 heterocycles. The van der Waals surface area contributed by atoms with E-state index in [1.165, 1.54) is 0 Å². The van der Waals surface area contributed by atoms with E-state index in [0.29, 0.717) is 31.7 Å². The number of aliphatic hydroxyl groups is 1. The molecule has 1 aliphatic rings. The van der Waals surface area contributed by atoms with Gasteiger partial charge in [0.1, 0.15) is 5.82 Å². The molecule has 0 saturated carbocycles. The van der Waals surface area contributed by atoms with Gasteiger partial charge in [-0.3, -0.25) is 0 Å². The van der Waals surface area contributed by atoms with E-state index in [9.17, 15) is 5.11 Å². The van der Waals surface area contributed by atoms with Crippen LogP contribution in [0.1, 0.15) is 26.1 Å². The first kappa shape index (κ1) is 14.9. The summed E-state index contributed by atoms with van der Waals surface area (Å²) in [7, 11) is 0. The van der Waals surface area contributed by atoms with Gasteiger partial charge in [-0.25, -0.2) is 0 Å². The highest BCUT2D eigenvalue weighted by atomic mass is 16.5. The first-order valence-corrected chi connectivity index (χ1v) is 7.18. The van der Waals surface area contributed by atoms with E-state index in [4.69, 9.17) is 4.74 Å². The van der Waals surface area contributed by atoms with Crippen LogP contribution in [-0.4, -0.2) is 59.0 Å². The van der Waals surface area contributed by atoms with Crippen LogP contribution in [0, 0.1) is 0 Å². The number of hydrogen-bond acceptors (Lipinski definition) is 7. The number of hydrogen-bond donors (Lipinski definition) is 2. The third-order valence-electron chi connectivity index (χ3n) is 2.99. The Hall–Kier alpha value is -1.47. The normalized spacial score (nSPS) is 17.1. The lowest BCUT2D eigenvalue weighted by Gasteiger charge is -2.27. The van der Waals surface area contributed by atoms with Gasteiger partial charge >= 0.3 is 0 Å². The zero-order valence-corrected chi connectivity index (χ0v) is 12.2. The quantitative estimate of drug-likeness (QED) is 0.783. The van der Waals surface area contributed by atoms with Gasteiger partial charge in [-0.05, 0) is 13.3 Å². The van der Waals surface area contributed by atoms with Gasteiger partial charge in [-0.1, -0.05) is 6.92 Å². The molecule has 112 valence electrons. The van der Waals surface area contributed by atoms with Crippen LogP contribution in [0.4, 0.5) is 11.9 Å². The van der Waals surface area contributed by atoms with Crippen LogP contribution in [0.15, 0.2) is 0 Å². The first-order chi connectivity index (χ1) is 9.69. The van der Waals surface area contributed by atoms with E-state index in [1.54, 1.807) is 6.92 Å². The Bertz CT molecular complexity index is 421. The fourth-order valence-corrected chi connectivity index (χ4v) is 1.97. The summed E-state index contributed by atoms with van der Waals surface area (Å²) in [6.07, 6.45) is 1.37. The molecule has 1 aromatic heterocycles. The van der Waals surface area contributed by atoms with E-state index >= 15 is 0 Å². The summed E-state index contributed by atoms with van der Waals surface area (Å²) in [6, 6.07) is 0. The van der Waals surface area contributed by atoms with E-state index in [1.807, 2.05) is 0 Å². The lowest BCUT2D eigenvalue weighted by atomic mass is 10.3. The summed E-state index contributed by atoms with van der Waals surface area (Å²) >= 11 is 0. The molecule has 0 aliphatic carbocycles.